The monoisotopic (exact) mass is 253 g/mol. The normalized spacial score (nSPS) is 10.5. The summed E-state index contributed by atoms with van der Waals surface area (Å²) in [6, 6.07) is 3.62. The van der Waals surface area contributed by atoms with E-state index in [1.807, 2.05) is 13.0 Å². The van der Waals surface area contributed by atoms with Gasteiger partial charge >= 0.3 is 5.97 Å². The zero-order valence-electron chi connectivity index (χ0n) is 10.3. The van der Waals surface area contributed by atoms with Gasteiger partial charge in [0.1, 0.15) is 0 Å². The van der Waals surface area contributed by atoms with Crippen LogP contribution in [0.4, 0.5) is 5.69 Å². The zero-order chi connectivity index (χ0) is 12.8. The number of carbonyl (C=O) groups is 1. The summed E-state index contributed by atoms with van der Waals surface area (Å²) in [6.45, 7) is 4.01. The molecule has 1 rings (SSSR count). The van der Waals surface area contributed by atoms with E-state index in [9.17, 15) is 4.79 Å². The molecule has 0 fully saturated rings. The van der Waals surface area contributed by atoms with Gasteiger partial charge in [-0.3, -0.25) is 0 Å². The van der Waals surface area contributed by atoms with Crippen molar-refractivity contribution in [3.63, 3.8) is 0 Å². The number of anilines is 1. The van der Waals surface area contributed by atoms with E-state index in [0.717, 1.165) is 22.6 Å². The number of aromatic carboxylic acids is 1. The molecule has 17 heavy (non-hydrogen) atoms. The Morgan fingerprint density at radius 1 is 1.41 bits per heavy atom. The lowest BCUT2D eigenvalue weighted by atomic mass is 10.1. The van der Waals surface area contributed by atoms with E-state index in [1.165, 1.54) is 12.8 Å². The summed E-state index contributed by atoms with van der Waals surface area (Å²) in [6.07, 6.45) is 3.57. The first kappa shape index (κ1) is 13.9. The Bertz CT molecular complexity index is 405. The molecule has 0 bridgehead atoms. The van der Waals surface area contributed by atoms with E-state index >= 15 is 0 Å². The summed E-state index contributed by atoms with van der Waals surface area (Å²) < 4.78 is 0. The summed E-state index contributed by atoms with van der Waals surface area (Å²) in [5.41, 5.74) is 7.16. The third-order valence-corrected chi connectivity index (χ3v) is 3.67. The second kappa shape index (κ2) is 6.55. The molecule has 0 aromatic heterocycles. The van der Waals surface area contributed by atoms with Crippen LogP contribution >= 0.6 is 11.8 Å². The predicted octanol–water partition coefficient (Wildman–Crippen LogP) is 3.56. The van der Waals surface area contributed by atoms with Crippen molar-refractivity contribution in [2.45, 2.75) is 38.0 Å². The van der Waals surface area contributed by atoms with Crippen molar-refractivity contribution in [1.29, 1.82) is 0 Å². The van der Waals surface area contributed by atoms with Gasteiger partial charge in [-0.05, 0) is 36.8 Å². The van der Waals surface area contributed by atoms with Gasteiger partial charge in [0.25, 0.3) is 0 Å². The zero-order valence-corrected chi connectivity index (χ0v) is 11.1. The first-order valence-electron chi connectivity index (χ1n) is 5.82. The molecule has 94 valence electrons. The second-order valence-corrected chi connectivity index (χ2v) is 5.23. The number of hydrogen-bond donors (Lipinski definition) is 2. The van der Waals surface area contributed by atoms with Gasteiger partial charge in [-0.25, -0.2) is 4.79 Å². The minimum Gasteiger partial charge on any atom is -0.478 e. The van der Waals surface area contributed by atoms with Crippen molar-refractivity contribution in [2.24, 2.45) is 0 Å². The van der Waals surface area contributed by atoms with E-state index in [2.05, 4.69) is 6.92 Å². The number of nitrogen functional groups attached to an aromatic ring is 1. The maximum atomic E-state index is 11.0. The van der Waals surface area contributed by atoms with Crippen LogP contribution < -0.4 is 5.73 Å². The van der Waals surface area contributed by atoms with Crippen LogP contribution in [-0.4, -0.2) is 16.8 Å². The van der Waals surface area contributed by atoms with E-state index in [-0.39, 0.29) is 5.56 Å². The molecule has 0 unspecified atom stereocenters. The highest BCUT2D eigenvalue weighted by molar-refractivity contribution is 7.99. The second-order valence-electron chi connectivity index (χ2n) is 4.06. The average molecular weight is 253 g/mol. The van der Waals surface area contributed by atoms with E-state index in [4.69, 9.17) is 10.8 Å². The molecule has 0 saturated heterocycles. The smallest absolute Gasteiger partial charge is 0.337 e. The number of rotatable bonds is 6. The fraction of sp³-hybridized carbons (Fsp3) is 0.462. The molecule has 1 aromatic carbocycles. The van der Waals surface area contributed by atoms with Crippen LogP contribution in [0.1, 0.15) is 42.1 Å². The Morgan fingerprint density at radius 3 is 2.71 bits per heavy atom. The molecule has 0 heterocycles. The maximum absolute atomic E-state index is 11.0. The molecule has 0 aliphatic rings. The molecule has 0 radical (unpaired) electrons. The van der Waals surface area contributed by atoms with Crippen molar-refractivity contribution >= 4 is 23.4 Å². The molecule has 0 amide bonds. The minimum atomic E-state index is -0.957. The first-order valence-corrected chi connectivity index (χ1v) is 6.81. The molecular weight excluding hydrogens is 234 g/mol. The molecule has 0 spiro atoms. The number of nitrogens with two attached hydrogens (primary N) is 1. The number of thioether (sulfide) groups is 1. The number of benzene rings is 1. The van der Waals surface area contributed by atoms with Gasteiger partial charge < -0.3 is 10.8 Å². The molecule has 0 saturated carbocycles. The number of hydrogen-bond acceptors (Lipinski definition) is 3. The van der Waals surface area contributed by atoms with Gasteiger partial charge in [-0.2, -0.15) is 0 Å². The van der Waals surface area contributed by atoms with Crippen LogP contribution in [0, 0.1) is 6.92 Å². The van der Waals surface area contributed by atoms with Gasteiger partial charge in [0.15, 0.2) is 0 Å². The highest BCUT2D eigenvalue weighted by Crippen LogP contribution is 2.27. The Balaban J connectivity index is 2.77. The molecule has 3 nitrogen and oxygen atoms in total. The summed E-state index contributed by atoms with van der Waals surface area (Å²) in [7, 11) is 0. The van der Waals surface area contributed by atoms with E-state index in [1.54, 1.807) is 17.8 Å². The van der Waals surface area contributed by atoms with Gasteiger partial charge in [0, 0.05) is 10.6 Å². The fourth-order valence-electron chi connectivity index (χ4n) is 1.57. The van der Waals surface area contributed by atoms with E-state index in [0.29, 0.717) is 5.69 Å². The lowest BCUT2D eigenvalue weighted by Gasteiger charge is -2.08. The van der Waals surface area contributed by atoms with Crippen LogP contribution in [0.5, 0.6) is 0 Å². The topological polar surface area (TPSA) is 63.3 Å². The maximum Gasteiger partial charge on any atom is 0.337 e. The summed E-state index contributed by atoms with van der Waals surface area (Å²) in [5, 5.41) is 9.03. The molecule has 1 aromatic rings. The SMILES string of the molecule is CCCCCSc1cc(C)c(N)c(C(=O)O)c1. The molecule has 0 aliphatic heterocycles. The molecule has 4 heteroatoms. The van der Waals surface area contributed by atoms with Crippen molar-refractivity contribution in [3.8, 4) is 0 Å². The number of aryl methyl sites for hydroxylation is 1. The largest absolute Gasteiger partial charge is 0.478 e. The highest BCUT2D eigenvalue weighted by atomic mass is 32.2. The van der Waals surface area contributed by atoms with Crippen molar-refractivity contribution in [1.82, 2.24) is 0 Å². The molecule has 3 N–H and O–H groups in total. The van der Waals surface area contributed by atoms with Crippen LogP contribution in [0.3, 0.4) is 0 Å². The first-order chi connectivity index (χ1) is 8.06. The van der Waals surface area contributed by atoms with Crippen LogP contribution in [-0.2, 0) is 0 Å². The molecule has 0 aliphatic carbocycles. The van der Waals surface area contributed by atoms with Gasteiger partial charge in [0.05, 0.1) is 5.56 Å². The Labute approximate surface area is 106 Å². The third-order valence-electron chi connectivity index (χ3n) is 2.61. The lowest BCUT2D eigenvalue weighted by molar-refractivity contribution is 0.0697. The Hall–Kier alpha value is -1.16. The highest BCUT2D eigenvalue weighted by Gasteiger charge is 2.11. The van der Waals surface area contributed by atoms with Gasteiger partial charge in [-0.15, -0.1) is 11.8 Å². The Morgan fingerprint density at radius 2 is 2.12 bits per heavy atom. The quantitative estimate of drug-likeness (QED) is 0.462. The molecular formula is C13H19NO2S. The standard InChI is InChI=1S/C13H19NO2S/c1-3-4-5-6-17-10-7-9(2)12(14)11(8-10)13(15)16/h7-8H,3-6,14H2,1-2H3,(H,15,16). The predicted molar refractivity (Wildman–Crippen MR) is 72.8 cm³/mol. The fourth-order valence-corrected chi connectivity index (χ4v) is 2.61. The van der Waals surface area contributed by atoms with Crippen molar-refractivity contribution in [2.75, 3.05) is 11.5 Å². The Kier molecular flexibility index (Phi) is 5.35. The van der Waals surface area contributed by atoms with Crippen LogP contribution in [0.25, 0.3) is 0 Å². The summed E-state index contributed by atoms with van der Waals surface area (Å²) in [5.74, 6) is 0.0672. The van der Waals surface area contributed by atoms with Crippen molar-refractivity contribution in [3.05, 3.63) is 23.3 Å². The van der Waals surface area contributed by atoms with Crippen LogP contribution in [0.2, 0.25) is 0 Å². The number of carboxylic acids is 1. The van der Waals surface area contributed by atoms with Crippen molar-refractivity contribution < 1.29 is 9.90 Å². The summed E-state index contributed by atoms with van der Waals surface area (Å²) in [4.78, 5) is 12.0. The number of carboxylic acid groups (broad SMARTS) is 1. The third kappa shape index (κ3) is 3.97. The summed E-state index contributed by atoms with van der Waals surface area (Å²) >= 11 is 1.70. The minimum absolute atomic E-state index is 0.211. The van der Waals surface area contributed by atoms with Crippen LogP contribution in [0.15, 0.2) is 17.0 Å². The van der Waals surface area contributed by atoms with Gasteiger partial charge in [0.2, 0.25) is 0 Å². The molecule has 0 atom stereocenters. The lowest BCUT2D eigenvalue weighted by Crippen LogP contribution is -2.04. The average Bonchev–Trinajstić information content (AvgIpc) is 2.28. The number of unbranched alkanes of at least 4 members (excludes halogenated alkanes) is 2. The van der Waals surface area contributed by atoms with E-state index < -0.39 is 5.97 Å². The van der Waals surface area contributed by atoms with Gasteiger partial charge in [-0.1, -0.05) is 19.8 Å².